The molecule has 98 valence electrons. The highest BCUT2D eigenvalue weighted by molar-refractivity contribution is 9.10. The third-order valence-electron chi connectivity index (χ3n) is 3.18. The molecule has 0 saturated carbocycles. The van der Waals surface area contributed by atoms with Crippen molar-refractivity contribution in [1.29, 1.82) is 0 Å². The molecule has 1 aliphatic heterocycles. The molecule has 1 atom stereocenters. The second-order valence-electron chi connectivity index (χ2n) is 4.99. The molecule has 0 saturated heterocycles. The second-order valence-corrected chi connectivity index (χ2v) is 5.90. The van der Waals surface area contributed by atoms with E-state index in [9.17, 15) is 0 Å². The summed E-state index contributed by atoms with van der Waals surface area (Å²) in [6, 6.07) is 8.91. The van der Waals surface area contributed by atoms with E-state index in [1.165, 1.54) is 5.69 Å². The molecular formula is C14H20BrN3. The standard InChI is InChI=1S/C14H20BrN3/c1-10(2)18(9-11-6-14(16)17-8-11)13-5-3-4-12(15)7-13/h3-7,10-11,17H,8-9,16H2,1-2H3/t11-/m0/s1. The lowest BCUT2D eigenvalue weighted by Crippen LogP contribution is -2.36. The fourth-order valence-electron chi connectivity index (χ4n) is 2.26. The van der Waals surface area contributed by atoms with Crippen molar-refractivity contribution >= 4 is 21.6 Å². The first-order valence-electron chi connectivity index (χ1n) is 6.29. The molecule has 0 spiro atoms. The summed E-state index contributed by atoms with van der Waals surface area (Å²) in [4.78, 5) is 2.41. The van der Waals surface area contributed by atoms with Gasteiger partial charge in [-0.1, -0.05) is 22.0 Å². The Kier molecular flexibility index (Phi) is 4.17. The summed E-state index contributed by atoms with van der Waals surface area (Å²) < 4.78 is 1.12. The van der Waals surface area contributed by atoms with Crippen LogP contribution in [0.4, 0.5) is 5.69 Å². The highest BCUT2D eigenvalue weighted by atomic mass is 79.9. The lowest BCUT2D eigenvalue weighted by atomic mass is 10.1. The number of nitrogens with two attached hydrogens (primary N) is 1. The average molecular weight is 310 g/mol. The highest BCUT2D eigenvalue weighted by Gasteiger charge is 2.19. The maximum atomic E-state index is 5.76. The zero-order valence-electron chi connectivity index (χ0n) is 10.9. The summed E-state index contributed by atoms with van der Waals surface area (Å²) in [6.45, 7) is 6.36. The number of nitrogens with zero attached hydrogens (tertiary/aromatic N) is 1. The monoisotopic (exact) mass is 309 g/mol. The Morgan fingerprint density at radius 1 is 1.50 bits per heavy atom. The van der Waals surface area contributed by atoms with E-state index in [2.05, 4.69) is 70.3 Å². The minimum absolute atomic E-state index is 0.467. The molecule has 1 aromatic rings. The van der Waals surface area contributed by atoms with Crippen LogP contribution in [0, 0.1) is 5.92 Å². The second kappa shape index (κ2) is 5.65. The Morgan fingerprint density at radius 3 is 2.83 bits per heavy atom. The first-order valence-corrected chi connectivity index (χ1v) is 7.09. The minimum atomic E-state index is 0.467. The number of hydrogen-bond donors (Lipinski definition) is 2. The quantitative estimate of drug-likeness (QED) is 0.898. The van der Waals surface area contributed by atoms with Crippen molar-refractivity contribution in [3.8, 4) is 0 Å². The van der Waals surface area contributed by atoms with Crippen molar-refractivity contribution in [2.24, 2.45) is 11.7 Å². The molecule has 3 nitrogen and oxygen atoms in total. The van der Waals surface area contributed by atoms with E-state index >= 15 is 0 Å². The van der Waals surface area contributed by atoms with E-state index < -0.39 is 0 Å². The Morgan fingerprint density at radius 2 is 2.28 bits per heavy atom. The molecule has 0 radical (unpaired) electrons. The first-order chi connectivity index (χ1) is 8.56. The van der Waals surface area contributed by atoms with E-state index in [4.69, 9.17) is 5.73 Å². The van der Waals surface area contributed by atoms with E-state index in [-0.39, 0.29) is 0 Å². The van der Waals surface area contributed by atoms with Crippen LogP contribution in [-0.2, 0) is 0 Å². The number of hydrogen-bond acceptors (Lipinski definition) is 3. The van der Waals surface area contributed by atoms with Gasteiger partial charge in [0.15, 0.2) is 0 Å². The molecule has 0 bridgehead atoms. The molecule has 18 heavy (non-hydrogen) atoms. The maximum Gasteiger partial charge on any atom is 0.0923 e. The predicted molar refractivity (Wildman–Crippen MR) is 80.4 cm³/mol. The van der Waals surface area contributed by atoms with Crippen molar-refractivity contribution in [3.05, 3.63) is 40.6 Å². The Labute approximate surface area is 117 Å². The summed E-state index contributed by atoms with van der Waals surface area (Å²) in [5.74, 6) is 1.28. The van der Waals surface area contributed by atoms with Crippen molar-refractivity contribution in [3.63, 3.8) is 0 Å². The molecule has 4 heteroatoms. The van der Waals surface area contributed by atoms with Gasteiger partial charge in [-0.2, -0.15) is 0 Å². The van der Waals surface area contributed by atoms with E-state index in [0.717, 1.165) is 23.4 Å². The van der Waals surface area contributed by atoms with Gasteiger partial charge >= 0.3 is 0 Å². The smallest absolute Gasteiger partial charge is 0.0923 e. The number of anilines is 1. The van der Waals surface area contributed by atoms with Gasteiger partial charge < -0.3 is 16.0 Å². The van der Waals surface area contributed by atoms with Gasteiger partial charge in [0.1, 0.15) is 0 Å². The van der Waals surface area contributed by atoms with E-state index in [0.29, 0.717) is 12.0 Å². The normalized spacial score (nSPS) is 18.7. The van der Waals surface area contributed by atoms with Crippen molar-refractivity contribution in [1.82, 2.24) is 5.32 Å². The van der Waals surface area contributed by atoms with Crippen LogP contribution < -0.4 is 16.0 Å². The maximum absolute atomic E-state index is 5.76. The molecular weight excluding hydrogens is 290 g/mol. The molecule has 0 aromatic heterocycles. The Hall–Kier alpha value is -1.16. The molecule has 3 N–H and O–H groups in total. The van der Waals surface area contributed by atoms with Gasteiger partial charge in [0, 0.05) is 35.2 Å². The van der Waals surface area contributed by atoms with Crippen LogP contribution in [0.5, 0.6) is 0 Å². The fourth-order valence-corrected chi connectivity index (χ4v) is 2.65. The van der Waals surface area contributed by atoms with Crippen molar-refractivity contribution in [2.45, 2.75) is 19.9 Å². The molecule has 1 heterocycles. The number of halogens is 1. The van der Waals surface area contributed by atoms with Crippen molar-refractivity contribution < 1.29 is 0 Å². The SMILES string of the molecule is CC(C)N(C[C@H]1C=C(N)NC1)c1cccc(Br)c1. The third kappa shape index (κ3) is 3.19. The Balaban J connectivity index is 2.14. The fraction of sp³-hybridized carbons (Fsp3) is 0.429. The molecule has 0 amide bonds. The number of nitrogens with one attached hydrogen (secondary N) is 1. The van der Waals surface area contributed by atoms with Gasteiger partial charge in [0.2, 0.25) is 0 Å². The van der Waals surface area contributed by atoms with Gasteiger partial charge in [0.05, 0.1) is 5.82 Å². The van der Waals surface area contributed by atoms with E-state index in [1.807, 2.05) is 0 Å². The molecule has 2 rings (SSSR count). The van der Waals surface area contributed by atoms with Gasteiger partial charge in [-0.15, -0.1) is 0 Å². The average Bonchev–Trinajstić information content (AvgIpc) is 2.71. The van der Waals surface area contributed by atoms with E-state index in [1.54, 1.807) is 0 Å². The highest BCUT2D eigenvalue weighted by Crippen LogP contribution is 2.23. The number of benzene rings is 1. The summed E-state index contributed by atoms with van der Waals surface area (Å²) >= 11 is 3.53. The van der Waals surface area contributed by atoms with Crippen LogP contribution in [0.15, 0.2) is 40.6 Å². The third-order valence-corrected chi connectivity index (χ3v) is 3.67. The van der Waals surface area contributed by atoms with Crippen LogP contribution in [0.1, 0.15) is 13.8 Å². The van der Waals surface area contributed by atoms with Crippen LogP contribution in [0.25, 0.3) is 0 Å². The zero-order chi connectivity index (χ0) is 13.1. The lowest BCUT2D eigenvalue weighted by molar-refractivity contribution is 0.579. The van der Waals surface area contributed by atoms with Gasteiger partial charge in [0.25, 0.3) is 0 Å². The van der Waals surface area contributed by atoms with Gasteiger partial charge in [-0.05, 0) is 38.1 Å². The van der Waals surface area contributed by atoms with Gasteiger partial charge in [-0.3, -0.25) is 0 Å². The lowest BCUT2D eigenvalue weighted by Gasteiger charge is -2.31. The zero-order valence-corrected chi connectivity index (χ0v) is 12.4. The summed E-state index contributed by atoms with van der Waals surface area (Å²) in [5, 5.41) is 3.18. The van der Waals surface area contributed by atoms with Crippen molar-refractivity contribution in [2.75, 3.05) is 18.0 Å². The Bertz CT molecular complexity index is 442. The summed E-state index contributed by atoms with van der Waals surface area (Å²) in [5.41, 5.74) is 7.01. The summed E-state index contributed by atoms with van der Waals surface area (Å²) in [6.07, 6.45) is 2.12. The minimum Gasteiger partial charge on any atom is -0.386 e. The molecule has 1 aromatic carbocycles. The largest absolute Gasteiger partial charge is 0.386 e. The summed E-state index contributed by atoms with van der Waals surface area (Å²) in [7, 11) is 0. The van der Waals surface area contributed by atoms with Crippen LogP contribution in [0.3, 0.4) is 0 Å². The molecule has 1 aliphatic rings. The van der Waals surface area contributed by atoms with Gasteiger partial charge in [-0.25, -0.2) is 0 Å². The van der Waals surface area contributed by atoms with Crippen LogP contribution in [-0.4, -0.2) is 19.1 Å². The molecule has 0 aliphatic carbocycles. The molecule has 0 fully saturated rings. The van der Waals surface area contributed by atoms with Crippen LogP contribution >= 0.6 is 15.9 Å². The van der Waals surface area contributed by atoms with Crippen LogP contribution in [0.2, 0.25) is 0 Å². The predicted octanol–water partition coefficient (Wildman–Crippen LogP) is 2.68. The first kappa shape index (κ1) is 13.3. The molecule has 0 unspecified atom stereocenters. The topological polar surface area (TPSA) is 41.3 Å². The number of rotatable bonds is 4.